The molecular formula is C17H21N9O2. The number of carbonyl (C=O) groups excluding carboxylic acids is 1. The van der Waals surface area contributed by atoms with E-state index < -0.39 is 5.91 Å². The summed E-state index contributed by atoms with van der Waals surface area (Å²) < 4.78 is 5.94. The van der Waals surface area contributed by atoms with Crippen LogP contribution in [0.2, 0.25) is 0 Å². The molecule has 3 rings (SSSR count). The number of carbonyl (C=O) groups is 1. The quantitative estimate of drug-likeness (QED) is 0.478. The summed E-state index contributed by atoms with van der Waals surface area (Å²) >= 11 is 0. The summed E-state index contributed by atoms with van der Waals surface area (Å²) in [6.07, 6.45) is 1.55. The maximum Gasteiger partial charge on any atom is 0.293 e. The highest BCUT2D eigenvalue weighted by molar-refractivity contribution is 5.94. The van der Waals surface area contributed by atoms with E-state index in [1.54, 1.807) is 6.21 Å². The van der Waals surface area contributed by atoms with E-state index in [1.807, 2.05) is 57.1 Å². The van der Waals surface area contributed by atoms with Gasteiger partial charge < -0.3 is 10.6 Å². The number of nitrogen functional groups attached to an aromatic ring is 1. The summed E-state index contributed by atoms with van der Waals surface area (Å²) in [5, 5.41) is 19.1. The summed E-state index contributed by atoms with van der Waals surface area (Å²) in [6, 6.07) is 7.73. The first-order valence-corrected chi connectivity index (χ1v) is 8.53. The highest BCUT2D eigenvalue weighted by Crippen LogP contribution is 2.22. The van der Waals surface area contributed by atoms with Gasteiger partial charge in [-0.1, -0.05) is 31.2 Å². The van der Waals surface area contributed by atoms with Crippen LogP contribution >= 0.6 is 0 Å². The van der Waals surface area contributed by atoms with Gasteiger partial charge in [0.25, 0.3) is 5.91 Å². The Morgan fingerprint density at radius 2 is 2.00 bits per heavy atom. The molecule has 1 amide bonds. The minimum Gasteiger partial charge on any atom is -0.378 e. The van der Waals surface area contributed by atoms with Crippen molar-refractivity contribution in [2.24, 2.45) is 5.10 Å². The Balaban J connectivity index is 1.77. The molecule has 0 radical (unpaired) electrons. The van der Waals surface area contributed by atoms with Crippen molar-refractivity contribution >= 4 is 23.6 Å². The van der Waals surface area contributed by atoms with Crippen molar-refractivity contribution in [3.05, 3.63) is 41.2 Å². The predicted molar refractivity (Wildman–Crippen MR) is 104 cm³/mol. The zero-order valence-electron chi connectivity index (χ0n) is 16.0. The van der Waals surface area contributed by atoms with Crippen molar-refractivity contribution in [2.45, 2.75) is 19.8 Å². The largest absolute Gasteiger partial charge is 0.378 e. The van der Waals surface area contributed by atoms with E-state index in [2.05, 4.69) is 35.8 Å². The molecule has 0 aliphatic heterocycles. The summed E-state index contributed by atoms with van der Waals surface area (Å²) in [5.41, 5.74) is 10.7. The SMILES string of the molecule is CC(C)c1c(C(=O)NN=Cc2ccc(N(C)C)cc2)nnn1-c1nonc1N. The van der Waals surface area contributed by atoms with Gasteiger partial charge in [-0.15, -0.1) is 5.10 Å². The van der Waals surface area contributed by atoms with Crippen LogP contribution in [0.5, 0.6) is 0 Å². The second-order valence-electron chi connectivity index (χ2n) is 6.55. The highest BCUT2D eigenvalue weighted by atomic mass is 16.6. The van der Waals surface area contributed by atoms with Crippen LogP contribution in [0.4, 0.5) is 11.5 Å². The molecule has 1 aromatic carbocycles. The Bertz CT molecular complexity index is 986. The van der Waals surface area contributed by atoms with Crippen LogP contribution in [0, 0.1) is 0 Å². The van der Waals surface area contributed by atoms with Crippen LogP contribution < -0.4 is 16.1 Å². The van der Waals surface area contributed by atoms with Crippen molar-refractivity contribution in [3.8, 4) is 5.82 Å². The molecule has 3 aromatic rings. The van der Waals surface area contributed by atoms with Gasteiger partial charge >= 0.3 is 0 Å². The number of nitrogens with zero attached hydrogens (tertiary/aromatic N) is 7. The summed E-state index contributed by atoms with van der Waals surface area (Å²) in [4.78, 5) is 14.5. The summed E-state index contributed by atoms with van der Waals surface area (Å²) in [6.45, 7) is 3.79. The normalized spacial score (nSPS) is 11.3. The highest BCUT2D eigenvalue weighted by Gasteiger charge is 2.25. The number of nitrogens with one attached hydrogen (secondary N) is 1. The molecule has 0 unspecified atom stereocenters. The lowest BCUT2D eigenvalue weighted by Crippen LogP contribution is -2.21. The number of hydrogen-bond donors (Lipinski definition) is 2. The smallest absolute Gasteiger partial charge is 0.293 e. The average molecular weight is 383 g/mol. The van der Waals surface area contributed by atoms with Crippen LogP contribution in [0.1, 0.15) is 41.5 Å². The molecule has 11 heteroatoms. The van der Waals surface area contributed by atoms with E-state index in [-0.39, 0.29) is 23.2 Å². The van der Waals surface area contributed by atoms with Crippen molar-refractivity contribution < 1.29 is 9.42 Å². The third kappa shape index (κ3) is 3.82. The minimum atomic E-state index is -0.494. The Morgan fingerprint density at radius 1 is 1.29 bits per heavy atom. The summed E-state index contributed by atoms with van der Waals surface area (Å²) in [5.74, 6) is -0.349. The first-order valence-electron chi connectivity index (χ1n) is 8.53. The maximum atomic E-state index is 12.5. The molecule has 0 saturated carbocycles. The first-order chi connectivity index (χ1) is 13.4. The number of anilines is 2. The summed E-state index contributed by atoms with van der Waals surface area (Å²) in [7, 11) is 3.93. The van der Waals surface area contributed by atoms with Gasteiger partial charge in [0.2, 0.25) is 11.6 Å². The lowest BCUT2D eigenvalue weighted by atomic mass is 10.1. The zero-order chi connectivity index (χ0) is 20.3. The molecule has 2 heterocycles. The first kappa shape index (κ1) is 19.0. The molecule has 0 spiro atoms. The van der Waals surface area contributed by atoms with Gasteiger partial charge in [-0.2, -0.15) is 9.78 Å². The van der Waals surface area contributed by atoms with Crippen LogP contribution in [0.25, 0.3) is 5.82 Å². The molecule has 0 atom stereocenters. The molecule has 0 bridgehead atoms. The molecule has 28 heavy (non-hydrogen) atoms. The molecule has 0 aliphatic carbocycles. The van der Waals surface area contributed by atoms with Crippen molar-refractivity contribution in [1.82, 2.24) is 30.7 Å². The van der Waals surface area contributed by atoms with Gasteiger partial charge in [0.15, 0.2) is 5.69 Å². The predicted octanol–water partition coefficient (Wildman–Crippen LogP) is 1.19. The Kier molecular flexibility index (Phi) is 5.34. The minimum absolute atomic E-state index is 0.0537. The fraction of sp³-hybridized carbons (Fsp3) is 0.294. The molecule has 0 fully saturated rings. The van der Waals surface area contributed by atoms with E-state index in [4.69, 9.17) is 5.73 Å². The van der Waals surface area contributed by atoms with Crippen molar-refractivity contribution in [3.63, 3.8) is 0 Å². The number of hydrazone groups is 1. The number of rotatable bonds is 6. The number of benzene rings is 1. The van der Waals surface area contributed by atoms with Crippen molar-refractivity contribution in [1.29, 1.82) is 0 Å². The topological polar surface area (TPSA) is 140 Å². The zero-order valence-corrected chi connectivity index (χ0v) is 16.0. The van der Waals surface area contributed by atoms with Gasteiger partial charge in [0.05, 0.1) is 11.9 Å². The molecular weight excluding hydrogens is 362 g/mol. The number of amides is 1. The Morgan fingerprint density at radius 3 is 2.57 bits per heavy atom. The molecule has 11 nitrogen and oxygen atoms in total. The van der Waals surface area contributed by atoms with E-state index in [1.165, 1.54) is 4.68 Å². The molecule has 2 aromatic heterocycles. The average Bonchev–Trinajstić information content (AvgIpc) is 3.27. The second kappa shape index (κ2) is 7.86. The third-order valence-electron chi connectivity index (χ3n) is 3.95. The van der Waals surface area contributed by atoms with Gasteiger partial charge in [0, 0.05) is 19.8 Å². The number of hydrogen-bond acceptors (Lipinski definition) is 9. The van der Waals surface area contributed by atoms with Crippen LogP contribution in [0.15, 0.2) is 34.0 Å². The maximum absolute atomic E-state index is 12.5. The van der Waals surface area contributed by atoms with Gasteiger partial charge in [-0.25, -0.2) is 10.1 Å². The number of aromatic nitrogens is 5. The van der Waals surface area contributed by atoms with Crippen LogP contribution in [0.3, 0.4) is 0 Å². The Hall–Kier alpha value is -3.76. The molecule has 0 aliphatic rings. The molecule has 3 N–H and O–H groups in total. The lowest BCUT2D eigenvalue weighted by molar-refractivity contribution is 0.0948. The van der Waals surface area contributed by atoms with Gasteiger partial charge in [0.1, 0.15) is 0 Å². The fourth-order valence-electron chi connectivity index (χ4n) is 2.54. The van der Waals surface area contributed by atoms with E-state index in [9.17, 15) is 4.79 Å². The Labute approximate surface area is 161 Å². The van der Waals surface area contributed by atoms with Gasteiger partial charge in [-0.05, 0) is 33.9 Å². The van der Waals surface area contributed by atoms with Crippen molar-refractivity contribution in [2.75, 3.05) is 24.7 Å². The standard InChI is InChI=1S/C17H21N9O2/c1-10(2)14-13(20-24-26(14)16-15(18)22-28-23-16)17(27)21-19-9-11-5-7-12(8-6-11)25(3)4/h5-10H,1-4H3,(H2,18,22)(H,21,27). The second-order valence-corrected chi connectivity index (χ2v) is 6.55. The van der Waals surface area contributed by atoms with E-state index in [0.29, 0.717) is 5.69 Å². The molecule has 146 valence electrons. The van der Waals surface area contributed by atoms with Crippen LogP contribution in [-0.4, -0.2) is 51.5 Å². The van der Waals surface area contributed by atoms with E-state index >= 15 is 0 Å². The lowest BCUT2D eigenvalue weighted by Gasteiger charge is -2.11. The third-order valence-corrected chi connectivity index (χ3v) is 3.95. The van der Waals surface area contributed by atoms with Crippen LogP contribution in [-0.2, 0) is 0 Å². The molecule has 0 saturated heterocycles. The van der Waals surface area contributed by atoms with Gasteiger partial charge in [-0.3, -0.25) is 4.79 Å². The fourth-order valence-corrected chi connectivity index (χ4v) is 2.54. The van der Waals surface area contributed by atoms with E-state index in [0.717, 1.165) is 11.3 Å². The number of nitrogens with two attached hydrogens (primary N) is 1. The monoisotopic (exact) mass is 383 g/mol.